The molecule has 2 aliphatic rings. The fourth-order valence-electron chi connectivity index (χ4n) is 3.31. The fourth-order valence-corrected chi connectivity index (χ4v) is 3.31. The van der Waals surface area contributed by atoms with Gasteiger partial charge in [0, 0.05) is 19.3 Å². The van der Waals surface area contributed by atoms with Gasteiger partial charge in [-0.3, -0.25) is 0 Å². The monoisotopic (exact) mass is 329 g/mol. The molecule has 0 bridgehead atoms. The number of hydrogen-bond donors (Lipinski definition) is 1. The summed E-state index contributed by atoms with van der Waals surface area (Å²) in [6.07, 6.45) is 3.92. The molecule has 0 amide bonds. The van der Waals surface area contributed by atoms with Crippen molar-refractivity contribution in [3.05, 3.63) is 18.3 Å². The number of ether oxygens (including phenoxy) is 2. The molecule has 2 aromatic rings. The predicted molar refractivity (Wildman–Crippen MR) is 92.4 cm³/mol. The zero-order chi connectivity index (χ0) is 16.4. The Morgan fingerprint density at radius 2 is 2.12 bits per heavy atom. The van der Waals surface area contributed by atoms with Gasteiger partial charge in [0.15, 0.2) is 5.65 Å². The van der Waals surface area contributed by atoms with Crippen molar-refractivity contribution in [2.75, 3.05) is 43.2 Å². The van der Waals surface area contributed by atoms with E-state index < -0.39 is 0 Å². The summed E-state index contributed by atoms with van der Waals surface area (Å²) >= 11 is 0. The van der Waals surface area contributed by atoms with E-state index in [-0.39, 0.29) is 12.1 Å². The largest absolute Gasteiger partial charge is 0.379 e. The number of hydrogen-bond acceptors (Lipinski definition) is 7. The Morgan fingerprint density at radius 1 is 1.21 bits per heavy atom. The molecule has 4 heterocycles. The Kier molecular flexibility index (Phi) is 4.44. The van der Waals surface area contributed by atoms with Gasteiger partial charge in [-0.15, -0.1) is 0 Å². The van der Waals surface area contributed by atoms with Gasteiger partial charge in [-0.1, -0.05) is 0 Å². The molecule has 24 heavy (non-hydrogen) atoms. The second kappa shape index (κ2) is 6.86. The SMILES string of the molecule is C[C@H]1COCCN1c1nc(NC2CCCOC2)nc2ncccc12. The molecule has 0 radical (unpaired) electrons. The zero-order valence-electron chi connectivity index (χ0n) is 13.9. The predicted octanol–water partition coefficient (Wildman–Crippen LogP) is 1.84. The van der Waals surface area contributed by atoms with Crippen molar-refractivity contribution in [3.63, 3.8) is 0 Å². The van der Waals surface area contributed by atoms with Crippen LogP contribution in [0.15, 0.2) is 18.3 Å². The lowest BCUT2D eigenvalue weighted by Crippen LogP contribution is -2.44. The Bertz CT molecular complexity index is 704. The first-order valence-corrected chi connectivity index (χ1v) is 8.63. The van der Waals surface area contributed by atoms with Gasteiger partial charge in [0.25, 0.3) is 0 Å². The maximum atomic E-state index is 5.56. The summed E-state index contributed by atoms with van der Waals surface area (Å²) in [6, 6.07) is 4.51. The van der Waals surface area contributed by atoms with E-state index in [0.717, 1.165) is 49.5 Å². The van der Waals surface area contributed by atoms with Crippen LogP contribution in [0, 0.1) is 0 Å². The first-order chi connectivity index (χ1) is 11.8. The Morgan fingerprint density at radius 3 is 2.96 bits per heavy atom. The maximum absolute atomic E-state index is 5.56. The number of aromatic nitrogens is 3. The van der Waals surface area contributed by atoms with E-state index in [9.17, 15) is 0 Å². The van der Waals surface area contributed by atoms with Crippen molar-refractivity contribution < 1.29 is 9.47 Å². The van der Waals surface area contributed by atoms with Crippen molar-refractivity contribution in [2.45, 2.75) is 31.8 Å². The number of morpholine rings is 1. The van der Waals surface area contributed by atoms with Crippen LogP contribution in [0.3, 0.4) is 0 Å². The summed E-state index contributed by atoms with van der Waals surface area (Å²) in [5.41, 5.74) is 0.723. The first kappa shape index (κ1) is 15.5. The van der Waals surface area contributed by atoms with Crippen molar-refractivity contribution in [3.8, 4) is 0 Å². The van der Waals surface area contributed by atoms with Gasteiger partial charge in [-0.05, 0) is 31.9 Å². The molecule has 7 heteroatoms. The fraction of sp³-hybridized carbons (Fsp3) is 0.588. The van der Waals surface area contributed by atoms with E-state index in [4.69, 9.17) is 14.5 Å². The molecule has 0 aliphatic carbocycles. The minimum absolute atomic E-state index is 0.259. The van der Waals surface area contributed by atoms with Gasteiger partial charge in [-0.2, -0.15) is 9.97 Å². The van der Waals surface area contributed by atoms with E-state index in [2.05, 4.69) is 27.1 Å². The first-order valence-electron chi connectivity index (χ1n) is 8.63. The maximum Gasteiger partial charge on any atom is 0.227 e. The van der Waals surface area contributed by atoms with E-state index in [1.807, 2.05) is 12.1 Å². The summed E-state index contributed by atoms with van der Waals surface area (Å²) in [4.78, 5) is 16.1. The molecule has 2 atom stereocenters. The van der Waals surface area contributed by atoms with Crippen LogP contribution in [-0.4, -0.2) is 60.0 Å². The number of nitrogens with one attached hydrogen (secondary N) is 1. The third-order valence-corrected chi connectivity index (χ3v) is 4.58. The summed E-state index contributed by atoms with van der Waals surface area (Å²) in [5, 5.41) is 4.41. The highest BCUT2D eigenvalue weighted by molar-refractivity contribution is 5.88. The number of nitrogens with zero attached hydrogens (tertiary/aromatic N) is 4. The van der Waals surface area contributed by atoms with Gasteiger partial charge < -0.3 is 19.7 Å². The smallest absolute Gasteiger partial charge is 0.227 e. The van der Waals surface area contributed by atoms with Crippen LogP contribution in [0.4, 0.5) is 11.8 Å². The number of pyridine rings is 1. The number of rotatable bonds is 3. The number of fused-ring (bicyclic) bond motifs is 1. The highest BCUT2D eigenvalue weighted by Crippen LogP contribution is 2.27. The van der Waals surface area contributed by atoms with Gasteiger partial charge >= 0.3 is 0 Å². The average Bonchev–Trinajstić information content (AvgIpc) is 2.62. The van der Waals surface area contributed by atoms with E-state index in [0.29, 0.717) is 19.2 Å². The van der Waals surface area contributed by atoms with Crippen LogP contribution in [0.1, 0.15) is 19.8 Å². The third-order valence-electron chi connectivity index (χ3n) is 4.58. The molecule has 0 saturated carbocycles. The lowest BCUT2D eigenvalue weighted by molar-refractivity contribution is 0.0874. The molecular formula is C17H23N5O2. The molecule has 0 aromatic carbocycles. The summed E-state index contributed by atoms with van der Waals surface area (Å²) in [7, 11) is 0. The average molecular weight is 329 g/mol. The zero-order valence-corrected chi connectivity index (χ0v) is 13.9. The van der Waals surface area contributed by atoms with Crippen LogP contribution < -0.4 is 10.2 Å². The Hall–Kier alpha value is -1.99. The Balaban J connectivity index is 1.70. The summed E-state index contributed by atoms with van der Waals surface area (Å²) < 4.78 is 11.1. The van der Waals surface area contributed by atoms with Gasteiger partial charge in [0.05, 0.1) is 37.3 Å². The summed E-state index contributed by atoms with van der Waals surface area (Å²) in [6.45, 7) is 5.96. The van der Waals surface area contributed by atoms with E-state index >= 15 is 0 Å². The van der Waals surface area contributed by atoms with Crippen molar-refractivity contribution in [2.24, 2.45) is 0 Å². The van der Waals surface area contributed by atoms with Crippen LogP contribution in [0.25, 0.3) is 11.0 Å². The van der Waals surface area contributed by atoms with Crippen LogP contribution in [-0.2, 0) is 9.47 Å². The van der Waals surface area contributed by atoms with E-state index in [1.165, 1.54) is 0 Å². The molecule has 2 saturated heterocycles. The third kappa shape index (κ3) is 3.14. The van der Waals surface area contributed by atoms with Crippen LogP contribution in [0.5, 0.6) is 0 Å². The Labute approximate surface area is 141 Å². The van der Waals surface area contributed by atoms with Gasteiger partial charge in [0.1, 0.15) is 5.82 Å². The summed E-state index contributed by atoms with van der Waals surface area (Å²) in [5.74, 6) is 1.56. The van der Waals surface area contributed by atoms with Gasteiger partial charge in [0.2, 0.25) is 5.95 Å². The molecule has 1 N–H and O–H groups in total. The van der Waals surface area contributed by atoms with E-state index in [1.54, 1.807) is 6.20 Å². The molecule has 4 rings (SSSR count). The molecule has 2 fully saturated rings. The molecule has 2 aliphatic heterocycles. The highest BCUT2D eigenvalue weighted by atomic mass is 16.5. The van der Waals surface area contributed by atoms with Crippen LogP contribution in [0.2, 0.25) is 0 Å². The second-order valence-electron chi connectivity index (χ2n) is 6.42. The lowest BCUT2D eigenvalue weighted by Gasteiger charge is -2.35. The van der Waals surface area contributed by atoms with Crippen molar-refractivity contribution in [1.82, 2.24) is 15.0 Å². The standard InChI is InChI=1S/C17H23N5O2/c1-12-10-24-9-7-22(12)16-14-5-2-6-18-15(14)20-17(21-16)19-13-4-3-8-23-11-13/h2,5-6,12-13H,3-4,7-11H2,1H3,(H,18,19,20,21)/t12-,13?/m0/s1. The van der Waals surface area contributed by atoms with Crippen molar-refractivity contribution >= 4 is 22.8 Å². The molecule has 128 valence electrons. The lowest BCUT2D eigenvalue weighted by atomic mass is 10.1. The molecule has 2 aromatic heterocycles. The molecular weight excluding hydrogens is 306 g/mol. The van der Waals surface area contributed by atoms with Crippen molar-refractivity contribution in [1.29, 1.82) is 0 Å². The van der Waals surface area contributed by atoms with Crippen LogP contribution >= 0.6 is 0 Å². The number of anilines is 2. The topological polar surface area (TPSA) is 72.4 Å². The van der Waals surface area contributed by atoms with Gasteiger partial charge in [-0.25, -0.2) is 4.98 Å². The molecule has 7 nitrogen and oxygen atoms in total. The second-order valence-corrected chi connectivity index (χ2v) is 6.42. The minimum atomic E-state index is 0.259. The highest BCUT2D eigenvalue weighted by Gasteiger charge is 2.24. The minimum Gasteiger partial charge on any atom is -0.379 e. The molecule has 0 spiro atoms. The quantitative estimate of drug-likeness (QED) is 0.921. The normalized spacial score (nSPS) is 25.0. The molecule has 1 unspecified atom stereocenters.